The van der Waals surface area contributed by atoms with Gasteiger partial charge in [0, 0.05) is 54.7 Å². The molecule has 0 aliphatic carbocycles. The van der Waals surface area contributed by atoms with Crippen molar-refractivity contribution < 1.29 is 34.4 Å². The van der Waals surface area contributed by atoms with Crippen LogP contribution in [0.5, 0.6) is 0 Å². The standard InChI is InChI=1S/C35H41ClN2O7/c1-23-30(21-38-19-17-35(43,18-20-38)27-11-13-28(36)14-12-27)44-34(45-33(23)25-7-5-24(22-39)6-8-25)26-9-15-29(16-10-26)37-31(40)3-2-4-32(41)42/h5-16,23,30,33-34,39,43H,2-4,17-22H2,1H3,(H,37,40)(H,41,42)/t23-,30+,33+,34+/m0/s1. The number of carbonyl (C=O) groups excluding carboxylic acids is 1. The SMILES string of the molecule is C[C@H]1[C@@H](CN2CCC(O)(c3ccc(Cl)cc3)CC2)O[C@@H](c2ccc(NC(=O)CCCC(=O)O)cc2)O[C@H]1c1ccc(CO)cc1. The Kier molecular flexibility index (Phi) is 10.9. The van der Waals surface area contributed by atoms with Gasteiger partial charge < -0.3 is 35.0 Å². The Morgan fingerprint density at radius 1 is 0.933 bits per heavy atom. The van der Waals surface area contributed by atoms with Gasteiger partial charge in [-0.3, -0.25) is 9.59 Å². The number of aliphatic carboxylic acids is 1. The van der Waals surface area contributed by atoms with Gasteiger partial charge in [0.2, 0.25) is 5.91 Å². The Balaban J connectivity index is 1.28. The van der Waals surface area contributed by atoms with E-state index in [0.717, 1.165) is 22.3 Å². The third-order valence-electron chi connectivity index (χ3n) is 8.89. The molecule has 2 fully saturated rings. The van der Waals surface area contributed by atoms with Gasteiger partial charge in [0.15, 0.2) is 6.29 Å². The summed E-state index contributed by atoms with van der Waals surface area (Å²) in [7, 11) is 0. The second-order valence-electron chi connectivity index (χ2n) is 12.1. The van der Waals surface area contributed by atoms with Gasteiger partial charge in [-0.25, -0.2) is 0 Å². The highest BCUT2D eigenvalue weighted by Gasteiger charge is 2.41. The van der Waals surface area contributed by atoms with Crippen molar-refractivity contribution in [2.45, 2.75) is 69.7 Å². The highest BCUT2D eigenvalue weighted by atomic mass is 35.5. The summed E-state index contributed by atoms with van der Waals surface area (Å²) in [5.41, 5.74) is 3.23. The molecule has 3 aromatic carbocycles. The minimum atomic E-state index is -0.922. The highest BCUT2D eigenvalue weighted by molar-refractivity contribution is 6.30. The third kappa shape index (κ3) is 8.49. The zero-order chi connectivity index (χ0) is 32.0. The number of hydrogen-bond donors (Lipinski definition) is 4. The molecule has 10 heteroatoms. The third-order valence-corrected chi connectivity index (χ3v) is 9.14. The van der Waals surface area contributed by atoms with Gasteiger partial charge in [0.25, 0.3) is 0 Å². The molecule has 0 radical (unpaired) electrons. The van der Waals surface area contributed by atoms with Crippen molar-refractivity contribution in [3.8, 4) is 0 Å². The monoisotopic (exact) mass is 636 g/mol. The van der Waals surface area contributed by atoms with Crippen LogP contribution in [0.4, 0.5) is 5.69 Å². The minimum Gasteiger partial charge on any atom is -0.481 e. The molecule has 0 saturated carbocycles. The van der Waals surface area contributed by atoms with E-state index >= 15 is 0 Å². The van der Waals surface area contributed by atoms with Crippen molar-refractivity contribution in [1.82, 2.24) is 4.90 Å². The number of piperidine rings is 1. The predicted molar refractivity (Wildman–Crippen MR) is 171 cm³/mol. The molecule has 0 aromatic heterocycles. The van der Waals surface area contributed by atoms with Gasteiger partial charge in [-0.05, 0) is 60.2 Å². The molecule has 4 N–H and O–H groups in total. The Morgan fingerprint density at radius 2 is 1.58 bits per heavy atom. The summed E-state index contributed by atoms with van der Waals surface area (Å²) in [5, 5.41) is 33.2. The number of nitrogens with one attached hydrogen (secondary N) is 1. The van der Waals surface area contributed by atoms with Crippen LogP contribution in [-0.4, -0.2) is 57.8 Å². The van der Waals surface area contributed by atoms with Crippen molar-refractivity contribution in [2.75, 3.05) is 25.0 Å². The smallest absolute Gasteiger partial charge is 0.303 e. The summed E-state index contributed by atoms with van der Waals surface area (Å²) >= 11 is 6.06. The number of carboxylic acids is 1. The second kappa shape index (κ2) is 14.9. The zero-order valence-corrected chi connectivity index (χ0v) is 26.2. The predicted octanol–water partition coefficient (Wildman–Crippen LogP) is 5.80. The van der Waals surface area contributed by atoms with E-state index in [2.05, 4.69) is 17.1 Å². The fourth-order valence-electron chi connectivity index (χ4n) is 6.08. The maximum absolute atomic E-state index is 12.2. The van der Waals surface area contributed by atoms with Gasteiger partial charge in [-0.15, -0.1) is 0 Å². The number of ether oxygens (including phenoxy) is 2. The number of aliphatic hydroxyl groups is 2. The number of nitrogens with zero attached hydrogens (tertiary/aromatic N) is 1. The van der Waals surface area contributed by atoms with E-state index in [1.54, 1.807) is 12.1 Å². The average Bonchev–Trinajstić information content (AvgIpc) is 3.04. The summed E-state index contributed by atoms with van der Waals surface area (Å²) in [6.45, 7) is 4.20. The van der Waals surface area contributed by atoms with Crippen LogP contribution in [0.15, 0.2) is 72.8 Å². The summed E-state index contributed by atoms with van der Waals surface area (Å²) in [6, 6.07) is 22.5. The molecule has 2 saturated heterocycles. The van der Waals surface area contributed by atoms with Crippen molar-refractivity contribution in [2.24, 2.45) is 5.92 Å². The summed E-state index contributed by atoms with van der Waals surface area (Å²) in [5.74, 6) is -1.14. The van der Waals surface area contributed by atoms with E-state index in [1.807, 2.05) is 60.7 Å². The number of halogens is 1. The molecule has 3 aromatic rings. The Morgan fingerprint density at radius 3 is 2.20 bits per heavy atom. The fourth-order valence-corrected chi connectivity index (χ4v) is 6.21. The summed E-state index contributed by atoms with van der Waals surface area (Å²) < 4.78 is 13.2. The molecule has 2 aliphatic rings. The number of benzene rings is 3. The van der Waals surface area contributed by atoms with E-state index in [4.69, 9.17) is 26.2 Å². The fraction of sp³-hybridized carbons (Fsp3) is 0.429. The number of amides is 1. The molecule has 2 heterocycles. The lowest BCUT2D eigenvalue weighted by Gasteiger charge is -2.45. The van der Waals surface area contributed by atoms with E-state index in [9.17, 15) is 19.8 Å². The lowest BCUT2D eigenvalue weighted by atomic mass is 9.84. The molecule has 0 unspecified atom stereocenters. The van der Waals surface area contributed by atoms with Crippen molar-refractivity contribution in [3.63, 3.8) is 0 Å². The van der Waals surface area contributed by atoms with Crippen LogP contribution in [0.2, 0.25) is 5.02 Å². The number of likely N-dealkylation sites (tertiary alicyclic amines) is 1. The van der Waals surface area contributed by atoms with Gasteiger partial charge in [-0.1, -0.05) is 67.1 Å². The lowest BCUT2D eigenvalue weighted by Crippen LogP contribution is -2.49. The molecular weight excluding hydrogens is 596 g/mol. The normalized spacial score (nSPS) is 23.4. The van der Waals surface area contributed by atoms with E-state index in [1.165, 1.54) is 0 Å². The summed E-state index contributed by atoms with van der Waals surface area (Å²) in [6.07, 6.45) is 0.494. The second-order valence-corrected chi connectivity index (χ2v) is 12.5. The zero-order valence-electron chi connectivity index (χ0n) is 25.4. The van der Waals surface area contributed by atoms with Crippen molar-refractivity contribution >= 4 is 29.2 Å². The number of carbonyl (C=O) groups is 2. The number of carboxylic acid groups (broad SMARTS) is 1. The van der Waals surface area contributed by atoms with Crippen LogP contribution in [0.25, 0.3) is 0 Å². The number of aliphatic hydroxyl groups excluding tert-OH is 1. The van der Waals surface area contributed by atoms with Gasteiger partial charge in [0.1, 0.15) is 0 Å². The first-order valence-corrected chi connectivity index (χ1v) is 15.8. The maximum atomic E-state index is 12.2. The average molecular weight is 637 g/mol. The molecule has 0 bridgehead atoms. The van der Waals surface area contributed by atoms with E-state index in [-0.39, 0.29) is 49.9 Å². The molecule has 0 spiro atoms. The number of hydrogen-bond acceptors (Lipinski definition) is 7. The molecule has 240 valence electrons. The minimum absolute atomic E-state index is 0.0164. The first-order valence-electron chi connectivity index (χ1n) is 15.5. The van der Waals surface area contributed by atoms with Crippen LogP contribution >= 0.6 is 11.6 Å². The van der Waals surface area contributed by atoms with Crippen LogP contribution in [0, 0.1) is 5.92 Å². The molecule has 45 heavy (non-hydrogen) atoms. The Hall–Kier alpha value is -3.31. The van der Waals surface area contributed by atoms with E-state index in [0.29, 0.717) is 43.2 Å². The van der Waals surface area contributed by atoms with Crippen LogP contribution in [-0.2, 0) is 31.3 Å². The molecule has 4 atom stereocenters. The van der Waals surface area contributed by atoms with E-state index < -0.39 is 17.9 Å². The van der Waals surface area contributed by atoms with Gasteiger partial charge >= 0.3 is 5.97 Å². The largest absolute Gasteiger partial charge is 0.481 e. The van der Waals surface area contributed by atoms with Crippen molar-refractivity contribution in [3.05, 3.63) is 100 Å². The van der Waals surface area contributed by atoms with Crippen LogP contribution in [0.3, 0.4) is 0 Å². The number of rotatable bonds is 11. The van der Waals surface area contributed by atoms with Crippen LogP contribution in [0.1, 0.15) is 73.7 Å². The quantitative estimate of drug-likeness (QED) is 0.208. The topological polar surface area (TPSA) is 129 Å². The molecular formula is C35H41ClN2O7. The number of anilines is 1. The van der Waals surface area contributed by atoms with Gasteiger partial charge in [-0.2, -0.15) is 0 Å². The lowest BCUT2D eigenvalue weighted by molar-refractivity contribution is -0.277. The summed E-state index contributed by atoms with van der Waals surface area (Å²) in [4.78, 5) is 25.3. The van der Waals surface area contributed by atoms with Crippen LogP contribution < -0.4 is 5.32 Å². The molecule has 5 rings (SSSR count). The Bertz CT molecular complexity index is 1420. The maximum Gasteiger partial charge on any atom is 0.303 e. The first kappa shape index (κ1) is 33.1. The molecule has 2 aliphatic heterocycles. The highest BCUT2D eigenvalue weighted by Crippen LogP contribution is 2.43. The Labute approximate surface area is 268 Å². The van der Waals surface area contributed by atoms with Crippen molar-refractivity contribution in [1.29, 1.82) is 0 Å². The van der Waals surface area contributed by atoms with Gasteiger partial charge in [0.05, 0.1) is 24.4 Å². The molecule has 9 nitrogen and oxygen atoms in total. The molecule has 1 amide bonds. The first-order chi connectivity index (χ1) is 21.6.